The van der Waals surface area contributed by atoms with Gasteiger partial charge in [-0.15, -0.1) is 0 Å². The van der Waals surface area contributed by atoms with Crippen LogP contribution in [-0.2, 0) is 0 Å². The van der Waals surface area contributed by atoms with Gasteiger partial charge in [0.1, 0.15) is 5.69 Å². The molecule has 0 bridgehead atoms. The van der Waals surface area contributed by atoms with Gasteiger partial charge in [0.05, 0.1) is 10.5 Å². The molecule has 6 heteroatoms. The van der Waals surface area contributed by atoms with Crippen LogP contribution in [0.1, 0.15) is 18.5 Å². The van der Waals surface area contributed by atoms with E-state index in [4.69, 9.17) is 0 Å². The number of pyridine rings is 1. The van der Waals surface area contributed by atoms with Gasteiger partial charge in [-0.2, -0.15) is 0 Å². The highest BCUT2D eigenvalue weighted by Crippen LogP contribution is 2.33. The van der Waals surface area contributed by atoms with Crippen molar-refractivity contribution in [2.75, 3.05) is 11.9 Å². The number of halogens is 1. The fourth-order valence-electron chi connectivity index (χ4n) is 1.99. The molecule has 0 aliphatic rings. The summed E-state index contributed by atoms with van der Waals surface area (Å²) in [5.41, 5.74) is 1.57. The summed E-state index contributed by atoms with van der Waals surface area (Å²) in [4.78, 5) is 16.4. The molecule has 0 aliphatic heterocycles. The van der Waals surface area contributed by atoms with E-state index in [1.807, 2.05) is 49.2 Å². The molecule has 1 atom stereocenters. The van der Waals surface area contributed by atoms with Crippen LogP contribution in [0.2, 0.25) is 0 Å². The number of aromatic nitrogens is 1. The van der Waals surface area contributed by atoms with Crippen LogP contribution in [0.5, 0.6) is 0 Å². The van der Waals surface area contributed by atoms with E-state index in [-0.39, 0.29) is 11.9 Å². The normalized spacial score (nSPS) is 11.9. The lowest BCUT2D eigenvalue weighted by Crippen LogP contribution is -2.22. The monoisotopic (exact) mass is 335 g/mol. The fourth-order valence-corrected chi connectivity index (χ4v) is 2.30. The Kier molecular flexibility index (Phi) is 4.34. The summed E-state index contributed by atoms with van der Waals surface area (Å²) in [5, 5.41) is 11.1. The van der Waals surface area contributed by atoms with E-state index in [9.17, 15) is 10.1 Å². The van der Waals surface area contributed by atoms with Gasteiger partial charge in [0.25, 0.3) is 0 Å². The lowest BCUT2D eigenvalue weighted by atomic mass is 10.1. The van der Waals surface area contributed by atoms with Crippen LogP contribution in [0, 0.1) is 10.1 Å². The first-order valence-corrected chi connectivity index (χ1v) is 6.87. The van der Waals surface area contributed by atoms with Crippen LogP contribution in [-0.4, -0.2) is 17.0 Å². The average molecular weight is 336 g/mol. The Morgan fingerprint density at radius 3 is 2.60 bits per heavy atom. The van der Waals surface area contributed by atoms with E-state index in [0.717, 1.165) is 5.56 Å². The van der Waals surface area contributed by atoms with Gasteiger partial charge in [0, 0.05) is 7.05 Å². The molecule has 0 spiro atoms. The lowest BCUT2D eigenvalue weighted by molar-refractivity contribution is -0.388. The highest BCUT2D eigenvalue weighted by molar-refractivity contribution is 9.10. The Hall–Kier alpha value is -1.95. The molecule has 1 aromatic heterocycles. The van der Waals surface area contributed by atoms with Crippen molar-refractivity contribution in [1.29, 1.82) is 0 Å². The van der Waals surface area contributed by atoms with E-state index in [1.54, 1.807) is 6.07 Å². The third kappa shape index (κ3) is 2.96. The predicted octanol–water partition coefficient (Wildman–Crippen LogP) is 3.95. The van der Waals surface area contributed by atoms with E-state index in [1.165, 1.54) is 6.20 Å². The molecule has 0 N–H and O–H groups in total. The second-order valence-electron chi connectivity index (χ2n) is 4.45. The number of nitrogens with zero attached hydrogens (tertiary/aromatic N) is 3. The molecule has 1 aromatic carbocycles. The SMILES string of the molecule is CC(c1ccccc1)N(C)c1cc(Br)cnc1[N+](=O)[O-]. The van der Waals surface area contributed by atoms with Crippen molar-refractivity contribution in [3.8, 4) is 0 Å². The molecule has 1 unspecified atom stereocenters. The summed E-state index contributed by atoms with van der Waals surface area (Å²) in [6.45, 7) is 2.00. The summed E-state index contributed by atoms with van der Waals surface area (Å²) < 4.78 is 0.713. The number of benzene rings is 1. The van der Waals surface area contributed by atoms with Gasteiger partial charge in [-0.05, 0) is 44.4 Å². The van der Waals surface area contributed by atoms with Crippen LogP contribution < -0.4 is 4.90 Å². The molecule has 20 heavy (non-hydrogen) atoms. The molecular formula is C14H14BrN3O2. The molecule has 2 rings (SSSR count). The number of nitro groups is 1. The van der Waals surface area contributed by atoms with E-state index in [2.05, 4.69) is 20.9 Å². The minimum absolute atomic E-state index is 0.00556. The minimum Gasteiger partial charge on any atom is -0.361 e. The van der Waals surface area contributed by atoms with Crippen molar-refractivity contribution in [1.82, 2.24) is 4.98 Å². The summed E-state index contributed by atoms with van der Waals surface area (Å²) in [5.74, 6) is -0.140. The summed E-state index contributed by atoms with van der Waals surface area (Å²) in [7, 11) is 1.83. The summed E-state index contributed by atoms with van der Waals surface area (Å²) in [6.07, 6.45) is 1.43. The standard InChI is InChI=1S/C14H14BrN3O2/c1-10(11-6-4-3-5-7-11)17(2)13-8-12(15)9-16-14(13)18(19)20/h3-10H,1-2H3. The maximum absolute atomic E-state index is 11.1. The zero-order valence-corrected chi connectivity index (χ0v) is 12.7. The molecule has 2 aromatic rings. The van der Waals surface area contributed by atoms with Crippen LogP contribution in [0.3, 0.4) is 0 Å². The van der Waals surface area contributed by atoms with Gasteiger partial charge in [-0.3, -0.25) is 0 Å². The number of hydrogen-bond donors (Lipinski definition) is 0. The summed E-state index contributed by atoms with van der Waals surface area (Å²) in [6, 6.07) is 11.6. The lowest BCUT2D eigenvalue weighted by Gasteiger charge is -2.26. The highest BCUT2D eigenvalue weighted by Gasteiger charge is 2.23. The molecule has 0 fully saturated rings. The van der Waals surface area contributed by atoms with E-state index < -0.39 is 4.92 Å². The van der Waals surface area contributed by atoms with Crippen LogP contribution in [0.15, 0.2) is 47.1 Å². The maximum Gasteiger partial charge on any atom is 0.387 e. The van der Waals surface area contributed by atoms with Gasteiger partial charge in [-0.1, -0.05) is 30.3 Å². The summed E-state index contributed by atoms with van der Waals surface area (Å²) >= 11 is 3.31. The Morgan fingerprint density at radius 2 is 2.00 bits per heavy atom. The molecule has 0 aliphatic carbocycles. The Morgan fingerprint density at radius 1 is 1.35 bits per heavy atom. The van der Waals surface area contributed by atoms with E-state index >= 15 is 0 Å². The molecule has 0 saturated carbocycles. The first-order valence-electron chi connectivity index (χ1n) is 6.08. The molecular weight excluding hydrogens is 322 g/mol. The van der Waals surface area contributed by atoms with Gasteiger partial charge in [-0.25, -0.2) is 0 Å². The third-order valence-corrected chi connectivity index (χ3v) is 3.66. The largest absolute Gasteiger partial charge is 0.387 e. The second-order valence-corrected chi connectivity index (χ2v) is 5.37. The van der Waals surface area contributed by atoms with Crippen molar-refractivity contribution in [3.05, 3.63) is 62.7 Å². The minimum atomic E-state index is -0.462. The fraction of sp³-hybridized carbons (Fsp3) is 0.214. The van der Waals surface area contributed by atoms with Crippen molar-refractivity contribution in [3.63, 3.8) is 0 Å². The number of hydrogen-bond acceptors (Lipinski definition) is 4. The van der Waals surface area contributed by atoms with Gasteiger partial charge in [0.2, 0.25) is 0 Å². The van der Waals surface area contributed by atoms with Crippen LogP contribution >= 0.6 is 15.9 Å². The zero-order valence-electron chi connectivity index (χ0n) is 11.2. The van der Waals surface area contributed by atoms with Crippen molar-refractivity contribution < 1.29 is 4.92 Å². The van der Waals surface area contributed by atoms with Crippen molar-refractivity contribution in [2.45, 2.75) is 13.0 Å². The number of rotatable bonds is 4. The Labute approximate surface area is 125 Å². The molecule has 0 saturated heterocycles. The van der Waals surface area contributed by atoms with Gasteiger partial charge < -0.3 is 15.0 Å². The van der Waals surface area contributed by atoms with Gasteiger partial charge in [0.15, 0.2) is 6.20 Å². The smallest absolute Gasteiger partial charge is 0.361 e. The predicted molar refractivity (Wildman–Crippen MR) is 81.9 cm³/mol. The van der Waals surface area contributed by atoms with Crippen molar-refractivity contribution in [2.24, 2.45) is 0 Å². The number of anilines is 1. The zero-order chi connectivity index (χ0) is 14.7. The van der Waals surface area contributed by atoms with Crippen molar-refractivity contribution >= 4 is 27.4 Å². The third-order valence-electron chi connectivity index (χ3n) is 3.23. The molecule has 0 amide bonds. The van der Waals surface area contributed by atoms with Crippen LogP contribution in [0.25, 0.3) is 0 Å². The first-order chi connectivity index (χ1) is 9.50. The maximum atomic E-state index is 11.1. The second kappa shape index (κ2) is 6.00. The Balaban J connectivity index is 2.40. The molecule has 0 radical (unpaired) electrons. The molecule has 5 nitrogen and oxygen atoms in total. The molecule has 104 valence electrons. The Bertz CT molecular complexity index is 619. The highest BCUT2D eigenvalue weighted by atomic mass is 79.9. The molecule has 1 heterocycles. The van der Waals surface area contributed by atoms with Gasteiger partial charge >= 0.3 is 5.82 Å². The first kappa shape index (κ1) is 14.5. The van der Waals surface area contributed by atoms with E-state index in [0.29, 0.717) is 10.2 Å². The average Bonchev–Trinajstić information content (AvgIpc) is 2.46. The van der Waals surface area contributed by atoms with Crippen LogP contribution in [0.4, 0.5) is 11.5 Å². The quantitative estimate of drug-likeness (QED) is 0.627. The topological polar surface area (TPSA) is 59.3 Å².